The molecule has 0 aliphatic rings. The summed E-state index contributed by atoms with van der Waals surface area (Å²) in [5.74, 6) is 2.14. The SMILES string of the molecule is C=CCSCCNCc1c[nH]c2ncccc12. The Morgan fingerprint density at radius 2 is 2.47 bits per heavy atom. The van der Waals surface area contributed by atoms with Gasteiger partial charge in [0.15, 0.2) is 0 Å². The number of H-pyrrole nitrogens is 1. The molecule has 0 saturated heterocycles. The first-order valence-corrected chi connectivity index (χ1v) is 6.87. The van der Waals surface area contributed by atoms with Crippen LogP contribution in [0.25, 0.3) is 11.0 Å². The number of pyridine rings is 1. The molecule has 2 aromatic heterocycles. The Kier molecular flexibility index (Phi) is 4.64. The fraction of sp³-hybridized carbons (Fsp3) is 0.308. The molecular formula is C13H17N3S. The Morgan fingerprint density at radius 1 is 1.53 bits per heavy atom. The molecule has 0 bridgehead atoms. The van der Waals surface area contributed by atoms with Crippen LogP contribution in [0.4, 0.5) is 0 Å². The molecule has 3 nitrogen and oxygen atoms in total. The number of hydrogen-bond donors (Lipinski definition) is 2. The highest BCUT2D eigenvalue weighted by molar-refractivity contribution is 7.99. The first-order valence-electron chi connectivity index (χ1n) is 5.72. The first kappa shape index (κ1) is 12.2. The van der Waals surface area contributed by atoms with Crippen molar-refractivity contribution < 1.29 is 0 Å². The molecule has 0 atom stereocenters. The van der Waals surface area contributed by atoms with Gasteiger partial charge in [0.05, 0.1) is 0 Å². The third-order valence-corrected chi connectivity index (χ3v) is 3.48. The third kappa shape index (κ3) is 3.35. The van der Waals surface area contributed by atoms with Crippen molar-refractivity contribution in [3.8, 4) is 0 Å². The molecule has 0 aliphatic heterocycles. The van der Waals surface area contributed by atoms with Crippen molar-refractivity contribution >= 4 is 22.8 Å². The second-order valence-electron chi connectivity index (χ2n) is 3.75. The number of nitrogens with zero attached hydrogens (tertiary/aromatic N) is 1. The summed E-state index contributed by atoms with van der Waals surface area (Å²) in [5, 5.41) is 4.64. The molecule has 0 aliphatic carbocycles. The molecule has 2 heterocycles. The Labute approximate surface area is 106 Å². The molecule has 2 rings (SSSR count). The normalized spacial score (nSPS) is 10.8. The number of rotatable bonds is 7. The van der Waals surface area contributed by atoms with Crippen molar-refractivity contribution in [2.75, 3.05) is 18.1 Å². The molecule has 0 spiro atoms. The summed E-state index contributed by atoms with van der Waals surface area (Å²) in [4.78, 5) is 7.45. The van der Waals surface area contributed by atoms with E-state index in [-0.39, 0.29) is 0 Å². The maximum absolute atomic E-state index is 4.27. The minimum atomic E-state index is 0.889. The first-order chi connectivity index (χ1) is 8.42. The molecule has 2 aromatic rings. The van der Waals surface area contributed by atoms with Gasteiger partial charge in [-0.1, -0.05) is 6.08 Å². The average molecular weight is 247 g/mol. The molecule has 0 saturated carbocycles. The summed E-state index contributed by atoms with van der Waals surface area (Å²) in [6, 6.07) is 4.07. The van der Waals surface area contributed by atoms with Crippen LogP contribution >= 0.6 is 11.8 Å². The summed E-state index contributed by atoms with van der Waals surface area (Å²) in [6.07, 6.45) is 5.78. The maximum atomic E-state index is 4.27. The van der Waals surface area contributed by atoms with Crippen LogP contribution in [0.5, 0.6) is 0 Å². The lowest BCUT2D eigenvalue weighted by atomic mass is 10.2. The van der Waals surface area contributed by atoms with E-state index in [9.17, 15) is 0 Å². The highest BCUT2D eigenvalue weighted by atomic mass is 32.2. The van der Waals surface area contributed by atoms with Gasteiger partial charge in [0.2, 0.25) is 0 Å². The lowest BCUT2D eigenvalue weighted by molar-refractivity contribution is 0.736. The molecule has 0 amide bonds. The fourth-order valence-corrected chi connectivity index (χ4v) is 2.31. The Balaban J connectivity index is 1.81. The lowest BCUT2D eigenvalue weighted by Crippen LogP contribution is -2.16. The largest absolute Gasteiger partial charge is 0.346 e. The minimum Gasteiger partial charge on any atom is -0.346 e. The van der Waals surface area contributed by atoms with Crippen LogP contribution in [0.1, 0.15) is 5.56 Å². The van der Waals surface area contributed by atoms with Crippen molar-refractivity contribution in [1.29, 1.82) is 0 Å². The third-order valence-electron chi connectivity index (χ3n) is 2.51. The zero-order chi connectivity index (χ0) is 11.9. The summed E-state index contributed by atoms with van der Waals surface area (Å²) < 4.78 is 0. The standard InChI is InChI=1S/C13H17N3S/c1-2-7-17-8-6-14-9-11-10-16-13-12(11)4-3-5-15-13/h2-5,10,14H,1,6-9H2,(H,15,16). The van der Waals surface area contributed by atoms with Gasteiger partial charge in [0, 0.05) is 42.4 Å². The zero-order valence-electron chi connectivity index (χ0n) is 9.78. The predicted octanol–water partition coefficient (Wildman–Crippen LogP) is 2.57. The van der Waals surface area contributed by atoms with Crippen LogP contribution in [-0.4, -0.2) is 28.0 Å². The Morgan fingerprint density at radius 3 is 3.35 bits per heavy atom. The van der Waals surface area contributed by atoms with Crippen molar-refractivity contribution in [2.24, 2.45) is 0 Å². The number of hydrogen-bond acceptors (Lipinski definition) is 3. The van der Waals surface area contributed by atoms with E-state index in [1.165, 1.54) is 10.9 Å². The van der Waals surface area contributed by atoms with E-state index >= 15 is 0 Å². The van der Waals surface area contributed by atoms with Gasteiger partial charge in [-0.2, -0.15) is 11.8 Å². The van der Waals surface area contributed by atoms with Gasteiger partial charge < -0.3 is 10.3 Å². The van der Waals surface area contributed by atoms with Gasteiger partial charge in [-0.15, -0.1) is 6.58 Å². The molecule has 0 unspecified atom stereocenters. The minimum absolute atomic E-state index is 0.889. The molecule has 0 radical (unpaired) electrons. The van der Waals surface area contributed by atoms with Gasteiger partial charge in [-0.3, -0.25) is 0 Å². The lowest BCUT2D eigenvalue weighted by Gasteiger charge is -2.02. The molecule has 4 heteroatoms. The summed E-state index contributed by atoms with van der Waals surface area (Å²) in [7, 11) is 0. The summed E-state index contributed by atoms with van der Waals surface area (Å²) in [6.45, 7) is 5.61. The topological polar surface area (TPSA) is 40.7 Å². The van der Waals surface area contributed by atoms with E-state index < -0.39 is 0 Å². The van der Waals surface area contributed by atoms with Gasteiger partial charge in [0.1, 0.15) is 5.65 Å². The maximum Gasteiger partial charge on any atom is 0.137 e. The van der Waals surface area contributed by atoms with E-state index in [1.807, 2.05) is 36.3 Å². The number of fused-ring (bicyclic) bond motifs is 1. The molecule has 0 fully saturated rings. The second-order valence-corrected chi connectivity index (χ2v) is 4.90. The molecule has 0 aromatic carbocycles. The summed E-state index contributed by atoms with van der Waals surface area (Å²) in [5.41, 5.74) is 2.24. The number of nitrogens with one attached hydrogen (secondary N) is 2. The van der Waals surface area contributed by atoms with Crippen LogP contribution in [0, 0.1) is 0 Å². The van der Waals surface area contributed by atoms with Crippen LogP contribution < -0.4 is 5.32 Å². The van der Waals surface area contributed by atoms with Crippen molar-refractivity contribution in [3.63, 3.8) is 0 Å². The van der Waals surface area contributed by atoms with Crippen molar-refractivity contribution in [1.82, 2.24) is 15.3 Å². The molecule has 17 heavy (non-hydrogen) atoms. The van der Waals surface area contributed by atoms with E-state index in [1.54, 1.807) is 0 Å². The van der Waals surface area contributed by atoms with Gasteiger partial charge in [-0.05, 0) is 17.7 Å². The van der Waals surface area contributed by atoms with Crippen LogP contribution in [0.15, 0.2) is 37.2 Å². The molecule has 90 valence electrons. The number of thioether (sulfide) groups is 1. The Bertz CT molecular complexity index is 478. The quantitative estimate of drug-likeness (QED) is 0.583. The van der Waals surface area contributed by atoms with Crippen LogP contribution in [0.2, 0.25) is 0 Å². The van der Waals surface area contributed by atoms with Crippen LogP contribution in [-0.2, 0) is 6.54 Å². The van der Waals surface area contributed by atoms with Crippen molar-refractivity contribution in [2.45, 2.75) is 6.54 Å². The number of aromatic amines is 1. The van der Waals surface area contributed by atoms with E-state index in [0.29, 0.717) is 0 Å². The number of aromatic nitrogens is 2. The predicted molar refractivity (Wildman–Crippen MR) is 75.3 cm³/mol. The van der Waals surface area contributed by atoms with Crippen molar-refractivity contribution in [3.05, 3.63) is 42.7 Å². The summed E-state index contributed by atoms with van der Waals surface area (Å²) >= 11 is 1.89. The smallest absolute Gasteiger partial charge is 0.137 e. The van der Waals surface area contributed by atoms with E-state index in [0.717, 1.165) is 30.2 Å². The van der Waals surface area contributed by atoms with E-state index in [2.05, 4.69) is 27.9 Å². The second kappa shape index (κ2) is 6.47. The fourth-order valence-electron chi connectivity index (χ4n) is 1.69. The van der Waals surface area contributed by atoms with Gasteiger partial charge >= 0.3 is 0 Å². The zero-order valence-corrected chi connectivity index (χ0v) is 10.6. The molecule has 2 N–H and O–H groups in total. The Hall–Kier alpha value is -1.26. The monoisotopic (exact) mass is 247 g/mol. The molecular weight excluding hydrogens is 230 g/mol. The highest BCUT2D eigenvalue weighted by Gasteiger charge is 2.02. The van der Waals surface area contributed by atoms with Gasteiger partial charge in [-0.25, -0.2) is 4.98 Å². The van der Waals surface area contributed by atoms with Crippen LogP contribution in [0.3, 0.4) is 0 Å². The van der Waals surface area contributed by atoms with E-state index in [4.69, 9.17) is 0 Å². The van der Waals surface area contributed by atoms with Gasteiger partial charge in [0.25, 0.3) is 0 Å². The highest BCUT2D eigenvalue weighted by Crippen LogP contribution is 2.14. The average Bonchev–Trinajstić information content (AvgIpc) is 2.77.